The predicted molar refractivity (Wildman–Crippen MR) is 96.6 cm³/mol. The highest BCUT2D eigenvalue weighted by Gasteiger charge is 2.43. The summed E-state index contributed by atoms with van der Waals surface area (Å²) in [4.78, 5) is 19.4. The Balaban J connectivity index is 1.62. The average molecular weight is 339 g/mol. The van der Waals surface area contributed by atoms with Crippen LogP contribution in [0.15, 0.2) is 54.7 Å². The summed E-state index contributed by atoms with van der Waals surface area (Å²) in [7, 11) is 0. The Morgan fingerprint density at radius 1 is 1.20 bits per heavy atom. The first-order chi connectivity index (χ1) is 12.2. The summed E-state index contributed by atoms with van der Waals surface area (Å²) in [6.45, 7) is 2.83. The number of aromatic nitrogens is 1. The van der Waals surface area contributed by atoms with Gasteiger partial charge in [-0.2, -0.15) is 0 Å². The van der Waals surface area contributed by atoms with Crippen LogP contribution in [0.4, 0.5) is 0 Å². The molecule has 2 aromatic rings. The molecule has 1 unspecified atom stereocenters. The molecular weight excluding hydrogens is 314 g/mol. The number of hydrogen-bond acceptors (Lipinski definition) is 4. The Kier molecular flexibility index (Phi) is 5.79. The van der Waals surface area contributed by atoms with Crippen LogP contribution in [0.5, 0.6) is 0 Å². The van der Waals surface area contributed by atoms with Crippen molar-refractivity contribution in [2.75, 3.05) is 19.7 Å². The lowest BCUT2D eigenvalue weighted by Crippen LogP contribution is -2.43. The Labute approximate surface area is 148 Å². The number of rotatable bonds is 7. The maximum absolute atomic E-state index is 12.9. The van der Waals surface area contributed by atoms with E-state index >= 15 is 0 Å². The second kappa shape index (κ2) is 8.23. The van der Waals surface area contributed by atoms with Gasteiger partial charge < -0.3 is 10.4 Å². The van der Waals surface area contributed by atoms with Crippen LogP contribution in [0.3, 0.4) is 0 Å². The molecule has 0 bridgehead atoms. The highest BCUT2D eigenvalue weighted by molar-refractivity contribution is 5.83. The first-order valence-corrected chi connectivity index (χ1v) is 8.77. The Morgan fingerprint density at radius 2 is 2.00 bits per heavy atom. The van der Waals surface area contributed by atoms with E-state index in [1.165, 1.54) is 5.56 Å². The number of nitrogens with zero attached hydrogens (tertiary/aromatic N) is 2. The van der Waals surface area contributed by atoms with Gasteiger partial charge >= 0.3 is 0 Å². The van der Waals surface area contributed by atoms with Gasteiger partial charge in [-0.1, -0.05) is 36.4 Å². The first-order valence-electron chi connectivity index (χ1n) is 8.77. The third-order valence-electron chi connectivity index (χ3n) is 4.91. The van der Waals surface area contributed by atoms with Crippen molar-refractivity contribution in [1.82, 2.24) is 15.2 Å². The zero-order valence-corrected chi connectivity index (χ0v) is 14.4. The molecule has 1 fully saturated rings. The van der Waals surface area contributed by atoms with E-state index in [-0.39, 0.29) is 12.5 Å². The molecule has 1 aliphatic heterocycles. The van der Waals surface area contributed by atoms with E-state index in [4.69, 9.17) is 0 Å². The van der Waals surface area contributed by atoms with Gasteiger partial charge in [0.15, 0.2) is 0 Å². The predicted octanol–water partition coefficient (Wildman–Crippen LogP) is 1.97. The van der Waals surface area contributed by atoms with Crippen LogP contribution in [-0.2, 0) is 17.9 Å². The van der Waals surface area contributed by atoms with Crippen molar-refractivity contribution in [3.05, 3.63) is 66.0 Å². The van der Waals surface area contributed by atoms with Crippen LogP contribution in [-0.4, -0.2) is 40.6 Å². The van der Waals surface area contributed by atoms with Crippen LogP contribution in [0.25, 0.3) is 0 Å². The Bertz CT molecular complexity index is 678. The van der Waals surface area contributed by atoms with Crippen molar-refractivity contribution in [1.29, 1.82) is 0 Å². The van der Waals surface area contributed by atoms with Gasteiger partial charge in [0.1, 0.15) is 0 Å². The third-order valence-corrected chi connectivity index (χ3v) is 4.91. The molecule has 0 aliphatic carbocycles. The van der Waals surface area contributed by atoms with Crippen LogP contribution in [0, 0.1) is 5.41 Å². The molecule has 1 aliphatic rings. The van der Waals surface area contributed by atoms with Gasteiger partial charge in [-0.25, -0.2) is 0 Å². The lowest BCUT2D eigenvalue weighted by molar-refractivity contribution is -0.131. The summed E-state index contributed by atoms with van der Waals surface area (Å²) in [5, 5.41) is 12.5. The number of likely N-dealkylation sites (tertiary alicyclic amines) is 1. The fraction of sp³-hybridized carbons (Fsp3) is 0.400. The summed E-state index contributed by atoms with van der Waals surface area (Å²) in [6.07, 6.45) is 2.99. The maximum Gasteiger partial charge on any atom is 0.227 e. The van der Waals surface area contributed by atoms with E-state index in [0.29, 0.717) is 19.5 Å². The quantitative estimate of drug-likeness (QED) is 0.809. The lowest BCUT2D eigenvalue weighted by Gasteiger charge is -2.27. The summed E-state index contributed by atoms with van der Waals surface area (Å²) in [5.74, 6) is 0.0164. The van der Waals surface area contributed by atoms with Crippen molar-refractivity contribution in [3.63, 3.8) is 0 Å². The molecule has 0 radical (unpaired) electrons. The Hall–Kier alpha value is -2.24. The minimum absolute atomic E-state index is 0.0164. The molecule has 1 atom stereocenters. The molecule has 0 spiro atoms. The van der Waals surface area contributed by atoms with Crippen LogP contribution in [0.1, 0.15) is 24.1 Å². The molecule has 2 N–H and O–H groups in total. The summed E-state index contributed by atoms with van der Waals surface area (Å²) < 4.78 is 0. The zero-order chi connectivity index (χ0) is 17.5. The molecular formula is C20H25N3O2. The second-order valence-corrected chi connectivity index (χ2v) is 6.70. The molecule has 1 saturated heterocycles. The molecule has 5 heteroatoms. The van der Waals surface area contributed by atoms with Crippen molar-refractivity contribution >= 4 is 5.91 Å². The summed E-state index contributed by atoms with van der Waals surface area (Å²) >= 11 is 0. The van der Waals surface area contributed by atoms with E-state index in [1.54, 1.807) is 6.20 Å². The van der Waals surface area contributed by atoms with Crippen molar-refractivity contribution < 1.29 is 9.90 Å². The number of carbonyl (C=O) groups is 1. The maximum atomic E-state index is 12.9. The van der Waals surface area contributed by atoms with Gasteiger partial charge in [0, 0.05) is 25.9 Å². The van der Waals surface area contributed by atoms with Gasteiger partial charge in [0.25, 0.3) is 0 Å². The highest BCUT2D eigenvalue weighted by Crippen LogP contribution is 2.35. The van der Waals surface area contributed by atoms with Gasteiger partial charge in [-0.3, -0.25) is 14.7 Å². The van der Waals surface area contributed by atoms with Crippen LogP contribution < -0.4 is 5.32 Å². The molecule has 3 rings (SSSR count). The monoisotopic (exact) mass is 339 g/mol. The van der Waals surface area contributed by atoms with Crippen molar-refractivity contribution in [3.8, 4) is 0 Å². The molecule has 0 saturated carbocycles. The molecule has 1 amide bonds. The number of hydrogen-bond donors (Lipinski definition) is 2. The second-order valence-electron chi connectivity index (χ2n) is 6.70. The molecule has 1 aromatic heterocycles. The standard InChI is InChI=1S/C20H25N3O2/c24-13-10-20(19(25)22-14-18-8-4-5-11-21-18)9-12-23(16-20)15-17-6-2-1-3-7-17/h1-8,11,24H,9-10,12-16H2,(H,22,25). The molecule has 2 heterocycles. The van der Waals surface area contributed by atoms with Crippen molar-refractivity contribution in [2.45, 2.75) is 25.9 Å². The molecule has 132 valence electrons. The number of nitrogens with one attached hydrogen (secondary N) is 1. The largest absolute Gasteiger partial charge is 0.396 e. The fourth-order valence-electron chi connectivity index (χ4n) is 3.51. The van der Waals surface area contributed by atoms with Crippen molar-refractivity contribution in [2.24, 2.45) is 5.41 Å². The Morgan fingerprint density at radius 3 is 2.72 bits per heavy atom. The van der Waals surface area contributed by atoms with Gasteiger partial charge in [0.05, 0.1) is 17.7 Å². The van der Waals surface area contributed by atoms with Crippen LogP contribution in [0.2, 0.25) is 0 Å². The number of benzene rings is 1. The normalized spacial score (nSPS) is 20.5. The number of aliphatic hydroxyl groups excluding tert-OH is 1. The molecule has 25 heavy (non-hydrogen) atoms. The summed E-state index contributed by atoms with van der Waals surface area (Å²) in [5.41, 5.74) is 1.57. The number of pyridine rings is 1. The smallest absolute Gasteiger partial charge is 0.227 e. The molecule has 1 aromatic carbocycles. The summed E-state index contributed by atoms with van der Waals surface area (Å²) in [6, 6.07) is 16.0. The molecule has 5 nitrogen and oxygen atoms in total. The van der Waals surface area contributed by atoms with E-state index < -0.39 is 5.41 Å². The number of aliphatic hydroxyl groups is 1. The highest BCUT2D eigenvalue weighted by atomic mass is 16.3. The van der Waals surface area contributed by atoms with Gasteiger partial charge in [-0.15, -0.1) is 0 Å². The minimum Gasteiger partial charge on any atom is -0.396 e. The topological polar surface area (TPSA) is 65.5 Å². The van der Waals surface area contributed by atoms with Gasteiger partial charge in [-0.05, 0) is 37.1 Å². The SMILES string of the molecule is O=C(NCc1ccccn1)C1(CCO)CCN(Cc2ccccc2)C1. The van der Waals surface area contributed by atoms with Crippen LogP contribution >= 0.6 is 0 Å². The average Bonchev–Trinajstić information content (AvgIpc) is 3.05. The first kappa shape index (κ1) is 17.6. The number of carbonyl (C=O) groups excluding carboxylic acids is 1. The van der Waals surface area contributed by atoms with Gasteiger partial charge in [0.2, 0.25) is 5.91 Å². The number of amides is 1. The third kappa shape index (κ3) is 4.44. The lowest BCUT2D eigenvalue weighted by atomic mass is 9.82. The van der Waals surface area contributed by atoms with E-state index in [1.807, 2.05) is 36.4 Å². The minimum atomic E-state index is -0.516. The van der Waals surface area contributed by atoms with E-state index in [9.17, 15) is 9.90 Å². The zero-order valence-electron chi connectivity index (χ0n) is 14.4. The fourth-order valence-corrected chi connectivity index (χ4v) is 3.51. The van der Waals surface area contributed by atoms with E-state index in [0.717, 1.165) is 25.2 Å². The van der Waals surface area contributed by atoms with E-state index in [2.05, 4.69) is 27.3 Å².